The molecule has 0 amide bonds. The molecular formula is C21H22N2O5S. The number of furan rings is 1. The molecule has 1 saturated heterocycles. The van der Waals surface area contributed by atoms with Gasteiger partial charge in [0.05, 0.1) is 36.4 Å². The van der Waals surface area contributed by atoms with E-state index in [1.807, 2.05) is 18.2 Å². The van der Waals surface area contributed by atoms with E-state index in [0.29, 0.717) is 45.4 Å². The molecule has 4 rings (SSSR count). The van der Waals surface area contributed by atoms with Crippen molar-refractivity contribution in [2.45, 2.75) is 43.3 Å². The van der Waals surface area contributed by atoms with E-state index in [1.165, 1.54) is 18.9 Å². The molecule has 0 saturated carbocycles. The average Bonchev–Trinajstić information content (AvgIpc) is 3.37. The minimum atomic E-state index is -0.429. The molecule has 152 valence electrons. The highest BCUT2D eigenvalue weighted by molar-refractivity contribution is 7.98. The number of benzene rings is 1. The number of hydrogen-bond donors (Lipinski definition) is 0. The Morgan fingerprint density at radius 1 is 1.38 bits per heavy atom. The second-order valence-electron chi connectivity index (χ2n) is 6.93. The van der Waals surface area contributed by atoms with Crippen molar-refractivity contribution in [1.82, 2.24) is 9.55 Å². The predicted octanol–water partition coefficient (Wildman–Crippen LogP) is 3.56. The number of aromatic nitrogens is 2. The monoisotopic (exact) mass is 414 g/mol. The minimum Gasteiger partial charge on any atom is -0.465 e. The summed E-state index contributed by atoms with van der Waals surface area (Å²) in [4.78, 5) is 29.6. The predicted molar refractivity (Wildman–Crippen MR) is 109 cm³/mol. The standard InChI is InChI=1S/C21H22N2O5S/c1-13-17(20(25)26-2)10-15(28-13)12-29-21-22-18-8-4-3-7-16(18)19(24)23(21)11-14-6-5-9-27-14/h3-4,7-8,10,14H,5-6,9,11-12H2,1-2H3/t14-/m0/s1. The molecule has 1 aliphatic rings. The van der Waals surface area contributed by atoms with Crippen LogP contribution in [0.4, 0.5) is 0 Å². The molecule has 1 aliphatic heterocycles. The molecule has 1 fully saturated rings. The number of para-hydroxylation sites is 1. The Balaban J connectivity index is 1.65. The number of carbonyl (C=O) groups excluding carboxylic acids is 1. The molecular weight excluding hydrogens is 392 g/mol. The summed E-state index contributed by atoms with van der Waals surface area (Å²) in [6.07, 6.45) is 1.96. The van der Waals surface area contributed by atoms with E-state index in [2.05, 4.69) is 0 Å². The molecule has 3 aromatic rings. The second-order valence-corrected chi connectivity index (χ2v) is 7.87. The number of hydrogen-bond acceptors (Lipinski definition) is 7. The van der Waals surface area contributed by atoms with Gasteiger partial charge in [0.25, 0.3) is 5.56 Å². The van der Waals surface area contributed by atoms with Gasteiger partial charge >= 0.3 is 5.97 Å². The second kappa shape index (κ2) is 8.42. The molecule has 3 heterocycles. The Hall–Kier alpha value is -2.58. The lowest BCUT2D eigenvalue weighted by atomic mass is 10.2. The van der Waals surface area contributed by atoms with Gasteiger partial charge < -0.3 is 13.9 Å². The van der Waals surface area contributed by atoms with Crippen molar-refractivity contribution < 1.29 is 18.7 Å². The normalized spacial score (nSPS) is 16.4. The van der Waals surface area contributed by atoms with Gasteiger partial charge in [0.1, 0.15) is 17.1 Å². The van der Waals surface area contributed by atoms with Crippen LogP contribution in [0, 0.1) is 6.92 Å². The van der Waals surface area contributed by atoms with Crippen molar-refractivity contribution in [3.05, 3.63) is 57.8 Å². The van der Waals surface area contributed by atoms with Crippen molar-refractivity contribution in [3.8, 4) is 0 Å². The van der Waals surface area contributed by atoms with Gasteiger partial charge in [0.2, 0.25) is 0 Å². The molecule has 0 N–H and O–H groups in total. The number of esters is 1. The molecule has 29 heavy (non-hydrogen) atoms. The number of thioether (sulfide) groups is 1. The summed E-state index contributed by atoms with van der Waals surface area (Å²) in [7, 11) is 1.34. The van der Waals surface area contributed by atoms with Crippen LogP contribution >= 0.6 is 11.8 Å². The lowest BCUT2D eigenvalue weighted by Gasteiger charge is -2.16. The molecule has 0 aliphatic carbocycles. The fraction of sp³-hybridized carbons (Fsp3) is 0.381. The summed E-state index contributed by atoms with van der Waals surface area (Å²) in [5, 5.41) is 1.20. The SMILES string of the molecule is COC(=O)c1cc(CSc2nc3ccccc3c(=O)n2C[C@@H]2CCCO2)oc1C. The quantitative estimate of drug-likeness (QED) is 0.346. The Labute approximate surface area is 172 Å². The molecule has 1 atom stereocenters. The summed E-state index contributed by atoms with van der Waals surface area (Å²) >= 11 is 1.40. The summed E-state index contributed by atoms with van der Waals surface area (Å²) in [6, 6.07) is 9.02. The van der Waals surface area contributed by atoms with Crippen molar-refractivity contribution >= 4 is 28.6 Å². The van der Waals surface area contributed by atoms with E-state index < -0.39 is 5.97 Å². The van der Waals surface area contributed by atoms with Crippen molar-refractivity contribution in [2.24, 2.45) is 0 Å². The third-order valence-electron chi connectivity index (χ3n) is 4.95. The van der Waals surface area contributed by atoms with Crippen LogP contribution in [0.25, 0.3) is 10.9 Å². The first-order valence-electron chi connectivity index (χ1n) is 9.48. The number of ether oxygens (including phenoxy) is 2. The first-order valence-corrected chi connectivity index (χ1v) is 10.5. The van der Waals surface area contributed by atoms with Crippen LogP contribution in [0.1, 0.15) is 34.7 Å². The van der Waals surface area contributed by atoms with Gasteiger partial charge in [0, 0.05) is 6.61 Å². The van der Waals surface area contributed by atoms with E-state index in [4.69, 9.17) is 18.9 Å². The van der Waals surface area contributed by atoms with Crippen molar-refractivity contribution in [1.29, 1.82) is 0 Å². The zero-order valence-electron chi connectivity index (χ0n) is 16.3. The van der Waals surface area contributed by atoms with Gasteiger partial charge in [-0.15, -0.1) is 0 Å². The van der Waals surface area contributed by atoms with Gasteiger partial charge in [-0.25, -0.2) is 9.78 Å². The van der Waals surface area contributed by atoms with Crippen LogP contribution in [0.2, 0.25) is 0 Å². The molecule has 2 aromatic heterocycles. The van der Waals surface area contributed by atoms with Crippen LogP contribution in [0.3, 0.4) is 0 Å². The highest BCUT2D eigenvalue weighted by Crippen LogP contribution is 2.26. The molecule has 1 aromatic carbocycles. The maximum Gasteiger partial charge on any atom is 0.341 e. The Bertz CT molecular complexity index is 1100. The highest BCUT2D eigenvalue weighted by atomic mass is 32.2. The first kappa shape index (κ1) is 19.7. The maximum absolute atomic E-state index is 13.1. The Morgan fingerprint density at radius 2 is 2.21 bits per heavy atom. The Kier molecular flexibility index (Phi) is 5.73. The number of carbonyl (C=O) groups is 1. The topological polar surface area (TPSA) is 83.6 Å². The third kappa shape index (κ3) is 4.09. The van der Waals surface area contributed by atoms with E-state index in [0.717, 1.165) is 19.4 Å². The van der Waals surface area contributed by atoms with Crippen LogP contribution in [0.15, 0.2) is 44.7 Å². The van der Waals surface area contributed by atoms with Crippen LogP contribution < -0.4 is 5.56 Å². The van der Waals surface area contributed by atoms with Gasteiger partial charge in [0.15, 0.2) is 5.16 Å². The summed E-state index contributed by atoms with van der Waals surface area (Å²) < 4.78 is 17.9. The largest absolute Gasteiger partial charge is 0.465 e. The fourth-order valence-electron chi connectivity index (χ4n) is 3.47. The van der Waals surface area contributed by atoms with Gasteiger partial charge in [-0.3, -0.25) is 9.36 Å². The number of nitrogens with zero attached hydrogens (tertiary/aromatic N) is 2. The highest BCUT2D eigenvalue weighted by Gasteiger charge is 2.21. The summed E-state index contributed by atoms with van der Waals surface area (Å²) in [5.74, 6) is 1.14. The van der Waals surface area contributed by atoms with E-state index in [-0.39, 0.29) is 11.7 Å². The molecule has 0 bridgehead atoms. The van der Waals surface area contributed by atoms with E-state index in [1.54, 1.807) is 23.6 Å². The van der Waals surface area contributed by atoms with Crippen LogP contribution in [-0.4, -0.2) is 35.3 Å². The Morgan fingerprint density at radius 3 is 2.97 bits per heavy atom. The zero-order chi connectivity index (χ0) is 20.4. The number of methoxy groups -OCH3 is 1. The first-order chi connectivity index (χ1) is 14.1. The maximum atomic E-state index is 13.1. The third-order valence-corrected chi connectivity index (χ3v) is 5.95. The number of aryl methyl sites for hydroxylation is 1. The van der Waals surface area contributed by atoms with Gasteiger partial charge in [-0.05, 0) is 38.0 Å². The molecule has 8 heteroatoms. The number of fused-ring (bicyclic) bond motifs is 1. The lowest BCUT2D eigenvalue weighted by Crippen LogP contribution is -2.28. The van der Waals surface area contributed by atoms with E-state index >= 15 is 0 Å². The smallest absolute Gasteiger partial charge is 0.341 e. The summed E-state index contributed by atoms with van der Waals surface area (Å²) in [5.41, 5.74) is 1.00. The summed E-state index contributed by atoms with van der Waals surface area (Å²) in [6.45, 7) is 2.93. The molecule has 7 nitrogen and oxygen atoms in total. The molecule has 0 unspecified atom stereocenters. The van der Waals surface area contributed by atoms with Gasteiger partial charge in [-0.2, -0.15) is 0 Å². The molecule has 0 spiro atoms. The van der Waals surface area contributed by atoms with Crippen molar-refractivity contribution in [2.75, 3.05) is 13.7 Å². The van der Waals surface area contributed by atoms with Crippen LogP contribution in [0.5, 0.6) is 0 Å². The minimum absolute atomic E-state index is 0.0202. The lowest BCUT2D eigenvalue weighted by molar-refractivity contribution is 0.0598. The fourth-order valence-corrected chi connectivity index (χ4v) is 4.36. The zero-order valence-corrected chi connectivity index (χ0v) is 17.2. The van der Waals surface area contributed by atoms with E-state index in [9.17, 15) is 9.59 Å². The van der Waals surface area contributed by atoms with Crippen LogP contribution in [-0.2, 0) is 21.8 Å². The average molecular weight is 414 g/mol. The van der Waals surface area contributed by atoms with Gasteiger partial charge in [-0.1, -0.05) is 23.9 Å². The number of rotatable bonds is 6. The van der Waals surface area contributed by atoms with Crippen molar-refractivity contribution in [3.63, 3.8) is 0 Å². The molecule has 0 radical (unpaired) electrons.